The molecule has 0 bridgehead atoms. The maximum Gasteiger partial charge on any atom is 0.333 e. The number of benzene rings is 2. The van der Waals surface area contributed by atoms with Crippen molar-refractivity contribution in [2.75, 3.05) is 50.3 Å². The third kappa shape index (κ3) is 29.2. The molecule has 2 aromatic carbocycles. The zero-order chi connectivity index (χ0) is 94.1. The minimum atomic E-state index is -4.23. The average Bonchev–Trinajstić information content (AvgIpc) is 1.70. The lowest BCUT2D eigenvalue weighted by Crippen LogP contribution is -2.33. The van der Waals surface area contributed by atoms with Gasteiger partial charge in [0.1, 0.15) is 48.8 Å². The second kappa shape index (κ2) is 45.1. The van der Waals surface area contributed by atoms with E-state index >= 15 is 0 Å². The Bertz CT molecular complexity index is 6210. The van der Waals surface area contributed by atoms with Crippen LogP contribution in [0.15, 0.2) is 165 Å². The van der Waals surface area contributed by atoms with Crippen LogP contribution in [-0.2, 0) is 102 Å². The van der Waals surface area contributed by atoms with E-state index in [0.29, 0.717) is 145 Å². The third-order valence-corrected chi connectivity index (χ3v) is 25.7. The van der Waals surface area contributed by atoms with Gasteiger partial charge < -0.3 is 49.5 Å². The Morgan fingerprint density at radius 3 is 1.50 bits per heavy atom. The number of carbonyl (C=O) groups is 4. The number of alkyl halides is 1. The summed E-state index contributed by atoms with van der Waals surface area (Å²) < 4.78 is 135. The minimum Gasteiger partial charge on any atom is -0.393 e. The van der Waals surface area contributed by atoms with Crippen LogP contribution >= 0.6 is 39.1 Å². The summed E-state index contributed by atoms with van der Waals surface area (Å²) in [5, 5.41) is 71.6. The fraction of sp³-hybridized carbons (Fsp3) is 0.410. The molecule has 10 aromatic rings. The molecule has 1 aliphatic heterocycles. The first-order valence-corrected chi connectivity index (χ1v) is 48.3. The van der Waals surface area contributed by atoms with Crippen LogP contribution in [0.25, 0.3) is 0 Å². The van der Waals surface area contributed by atoms with Gasteiger partial charge in [-0.3, -0.25) is 40.6 Å². The number of halogens is 4. The molecular formula is C83H95BrCl2FN19O21S4. The summed E-state index contributed by atoms with van der Waals surface area (Å²) in [6, 6.07) is 18.8. The molecule has 700 valence electrons. The number of carbonyl (C=O) groups excluding carboxylic acids is 4. The van der Waals surface area contributed by atoms with Gasteiger partial charge in [-0.25, -0.2) is 64.8 Å². The zero-order valence-corrected chi connectivity index (χ0v) is 76.2. The molecule has 5 fully saturated rings. The van der Waals surface area contributed by atoms with Crippen LogP contribution < -0.4 is 31.2 Å². The van der Waals surface area contributed by atoms with Crippen molar-refractivity contribution < 1.29 is 99.1 Å². The number of anilines is 2. The predicted molar refractivity (Wildman–Crippen MR) is 475 cm³/mol. The highest BCUT2D eigenvalue weighted by Gasteiger charge is 2.45. The Morgan fingerprint density at radius 1 is 0.534 bits per heavy atom. The number of nitrogens with zero attached hydrogens (tertiary/aromatic N) is 13. The number of ketones is 4. The second-order valence-electron chi connectivity index (χ2n) is 32.3. The van der Waals surface area contributed by atoms with E-state index in [0.717, 1.165) is 28.6 Å². The second-order valence-corrected chi connectivity index (χ2v) is 38.9. The van der Waals surface area contributed by atoms with Gasteiger partial charge in [0.25, 0.3) is 0 Å². The topological polar surface area (TPSA) is 596 Å². The monoisotopic (exact) mass is 1990 g/mol. The predicted octanol–water partition coefficient (Wildman–Crippen LogP) is 5.06. The van der Waals surface area contributed by atoms with Crippen molar-refractivity contribution in [2.24, 2.45) is 62.0 Å². The SMILES string of the molecule is C#CCn1ccc(C(=O)c2cncnc2C[C@@H]2C[C@H](COS(N)(=O)=O)[C@@H](O)C2)c1.NS(=O)(=O)OC[C@H]1C[C@@H](Cc2ncncc2C(=O)c2ccn(Cc3cccc(Br)c3)c2)C[C@@H]1O.NS(=O)(=O)OC[C@H]1C[C@@H](Nc2ncncc2C(=O)c2ccn(CC3CCOC3)n2)C[C@@H]1O.NS(=O)(=O)OC[C@H]1C[C@@H](Nc2ncncc2C(=O)c2ccn(Cc3ccc(Cl)c(Cl)c3)c2)[C@@H](F)[C@@H]1O. The van der Waals surface area contributed by atoms with Gasteiger partial charge in [0.2, 0.25) is 5.78 Å². The normalized spacial score (nSPS) is 22.5. The molecule has 131 heavy (non-hydrogen) atoms. The number of aliphatic hydroxyl groups is 4. The lowest BCUT2D eigenvalue weighted by Gasteiger charge is -2.18. The number of rotatable bonds is 35. The number of ether oxygens (including phenoxy) is 1. The lowest BCUT2D eigenvalue weighted by molar-refractivity contribution is 0.0501. The van der Waals surface area contributed by atoms with Gasteiger partial charge in [0, 0.05) is 151 Å². The number of aromatic nitrogens is 13. The van der Waals surface area contributed by atoms with E-state index in [-0.39, 0.29) is 95.9 Å². The molecule has 14 atom stereocenters. The quantitative estimate of drug-likeness (QED) is 0.0183. The largest absolute Gasteiger partial charge is 0.393 e. The maximum atomic E-state index is 14.8. The minimum absolute atomic E-state index is 0.0200. The number of nitrogens with two attached hydrogens (primary N) is 4. The van der Waals surface area contributed by atoms with Gasteiger partial charge in [0.15, 0.2) is 17.3 Å². The van der Waals surface area contributed by atoms with E-state index in [9.17, 15) is 77.7 Å². The van der Waals surface area contributed by atoms with Gasteiger partial charge in [-0.2, -0.15) is 38.8 Å². The molecule has 5 aliphatic rings. The molecule has 14 N–H and O–H groups in total. The molecule has 1 unspecified atom stereocenters. The van der Waals surface area contributed by atoms with Crippen molar-refractivity contribution in [3.05, 3.63) is 242 Å². The Balaban J connectivity index is 0.000000158. The first-order chi connectivity index (χ1) is 62.2. The standard InChI is InChI=1S/C23H25BrN4O5S.C22H22Cl2FN5O5S.C19H26N6O6S.C19H22N4O5S/c24-19-3-1-2-15(7-19)11-28-5-4-17(12-28)23(30)20-10-26-14-27-21(20)8-16-6-18(22(29)9-16)13-33-34(25,31)32;23-16-2-1-12(5-17(16)24)8-30-4-3-13(9-30)20(31)15-7-27-11-28-22(15)29-18-6-14(21(32)19(18)25)10-35-36(26,33)34;20-32(28,29)31-10-13-5-14(6-17(13)26)23-19-15(7-21-11-22-19)18(27)16-1-3-25(24-16)8-12-2-4-30-9-12;1-2-4-23-5-3-14(10-23)19(25)16-9-21-12-22-17(16)7-13-6-15(18(24)8-13)11-28-29(20,26)27/h1-5,7,10,12,14,16,18,22,29H,6,8-9,11,13H2,(H2,25,31,32);1-5,7,9,11,14,18-19,21,32H,6,8,10H2,(H2,26,33,34)(H,27,28,29);1,3,7,11-14,17,26H,2,4-6,8-10H2,(H2,20,28,29)(H,21,22,23);1,3,5,9-10,12-13,15,18,24H,4,6-8,11H2,(H2,20,26,27)/t16-,18+,22-;14-,18-,19-,21-;12?,13-,14-,17+;13-,15+,18-/m0110/s1. The Morgan fingerprint density at radius 2 is 1.00 bits per heavy atom. The average molecular weight is 1990 g/mol. The van der Waals surface area contributed by atoms with Crippen molar-refractivity contribution in [1.82, 2.24) is 63.4 Å². The molecule has 15 rings (SSSR count). The van der Waals surface area contributed by atoms with Crippen LogP contribution in [0.4, 0.5) is 16.0 Å². The number of terminal acetylenes is 1. The molecule has 1 saturated heterocycles. The molecule has 0 radical (unpaired) electrons. The molecular weight excluding hydrogens is 1900 g/mol. The summed E-state index contributed by atoms with van der Waals surface area (Å²) >= 11 is 15.5. The Labute approximate surface area is 772 Å². The van der Waals surface area contributed by atoms with Crippen molar-refractivity contribution >= 4 is 115 Å². The van der Waals surface area contributed by atoms with Gasteiger partial charge in [-0.05, 0) is 136 Å². The summed E-state index contributed by atoms with van der Waals surface area (Å²) in [6.07, 6.45) is 27.8. The Hall–Kier alpha value is -10.1. The maximum absolute atomic E-state index is 14.8. The third-order valence-electron chi connectivity index (χ3n) is 22.6. The highest BCUT2D eigenvalue weighted by Crippen LogP contribution is 2.38. The van der Waals surface area contributed by atoms with Crippen LogP contribution in [-0.4, -0.2) is 223 Å². The fourth-order valence-corrected chi connectivity index (χ4v) is 18.4. The van der Waals surface area contributed by atoms with Gasteiger partial charge in [-0.15, -0.1) is 6.42 Å². The van der Waals surface area contributed by atoms with Crippen molar-refractivity contribution in [1.29, 1.82) is 0 Å². The molecule has 40 nitrogen and oxygen atoms in total. The van der Waals surface area contributed by atoms with Crippen LogP contribution in [0.1, 0.15) is 138 Å². The highest BCUT2D eigenvalue weighted by atomic mass is 79.9. The van der Waals surface area contributed by atoms with Gasteiger partial charge in [0.05, 0.1) is 114 Å². The molecule has 48 heteroatoms. The molecule has 0 amide bonds. The zero-order valence-electron chi connectivity index (χ0n) is 69.8. The molecule has 4 saturated carbocycles. The van der Waals surface area contributed by atoms with Crippen molar-refractivity contribution in [3.8, 4) is 12.3 Å². The highest BCUT2D eigenvalue weighted by molar-refractivity contribution is 9.10. The van der Waals surface area contributed by atoms with Gasteiger partial charge in [-0.1, -0.05) is 63.3 Å². The van der Waals surface area contributed by atoms with Crippen molar-refractivity contribution in [3.63, 3.8) is 0 Å². The van der Waals surface area contributed by atoms with Crippen LogP contribution in [0.5, 0.6) is 0 Å². The summed E-state index contributed by atoms with van der Waals surface area (Å²) in [5.41, 5.74) is 6.03. The number of nitrogens with one attached hydrogen (secondary N) is 2. The van der Waals surface area contributed by atoms with E-state index in [1.807, 2.05) is 41.1 Å². The van der Waals surface area contributed by atoms with E-state index in [1.54, 1.807) is 87.4 Å². The number of hydrogen-bond acceptors (Lipinski definition) is 32. The van der Waals surface area contributed by atoms with E-state index < -0.39 is 102 Å². The van der Waals surface area contributed by atoms with Crippen LogP contribution in [0.2, 0.25) is 10.0 Å². The smallest absolute Gasteiger partial charge is 0.333 e. The number of hydrogen-bond donors (Lipinski definition) is 10. The van der Waals surface area contributed by atoms with Crippen LogP contribution in [0.3, 0.4) is 0 Å². The van der Waals surface area contributed by atoms with Crippen LogP contribution in [0, 0.1) is 53.8 Å². The molecule has 0 spiro atoms. The number of aliphatic hydroxyl groups excluding tert-OH is 4. The Kier molecular flexibility index (Phi) is 34.4. The van der Waals surface area contributed by atoms with E-state index in [4.69, 9.17) is 54.9 Å². The summed E-state index contributed by atoms with van der Waals surface area (Å²) in [7, 11) is -16.4. The van der Waals surface area contributed by atoms with E-state index in [2.05, 4.69) is 94.2 Å². The van der Waals surface area contributed by atoms with E-state index in [1.165, 1.54) is 50.1 Å². The van der Waals surface area contributed by atoms with Gasteiger partial charge >= 0.3 is 41.2 Å². The summed E-state index contributed by atoms with van der Waals surface area (Å²) in [6.45, 7) is 2.56. The first kappa shape index (κ1) is 99.9. The molecule has 9 heterocycles. The summed E-state index contributed by atoms with van der Waals surface area (Å²) in [5.74, 6) is 0.318. The molecule has 4 aliphatic carbocycles. The first-order valence-electron chi connectivity index (χ1n) is 40.9. The lowest BCUT2D eigenvalue weighted by atomic mass is 9.95. The summed E-state index contributed by atoms with van der Waals surface area (Å²) in [4.78, 5) is 85.2. The fourth-order valence-electron chi connectivity index (χ4n) is 16.2. The molecule has 8 aromatic heterocycles. The van der Waals surface area contributed by atoms with Crippen molar-refractivity contribution in [2.45, 2.75) is 133 Å².